The second kappa shape index (κ2) is 7.13. The maximum atomic E-state index is 13.6. The van der Waals surface area contributed by atoms with Crippen LogP contribution in [0.3, 0.4) is 0 Å². The van der Waals surface area contributed by atoms with Crippen molar-refractivity contribution in [3.05, 3.63) is 35.6 Å². The first-order valence-corrected chi connectivity index (χ1v) is 6.77. The smallest absolute Gasteiger partial charge is 0.186 e. The van der Waals surface area contributed by atoms with Gasteiger partial charge in [-0.05, 0) is 12.5 Å². The zero-order valence-corrected chi connectivity index (χ0v) is 12.0. The van der Waals surface area contributed by atoms with Gasteiger partial charge in [0.05, 0.1) is 12.7 Å². The van der Waals surface area contributed by atoms with Gasteiger partial charge in [-0.1, -0.05) is 25.1 Å². The normalized spacial score (nSPS) is 29.8. The second-order valence-electron chi connectivity index (χ2n) is 4.75. The van der Waals surface area contributed by atoms with Gasteiger partial charge in [0.25, 0.3) is 0 Å². The molecule has 1 saturated heterocycles. The lowest BCUT2D eigenvalue weighted by Crippen LogP contribution is -2.37. The molecule has 0 radical (unpaired) electrons. The lowest BCUT2D eigenvalue weighted by atomic mass is 10.1. The summed E-state index contributed by atoms with van der Waals surface area (Å²) in [6, 6.07) is 6.58. The highest BCUT2D eigenvalue weighted by Crippen LogP contribution is 2.29. The lowest BCUT2D eigenvalue weighted by Gasteiger charge is -2.22. The summed E-state index contributed by atoms with van der Waals surface area (Å²) >= 11 is 0. The van der Waals surface area contributed by atoms with Crippen molar-refractivity contribution >= 4 is 0 Å². The summed E-state index contributed by atoms with van der Waals surface area (Å²) in [7, 11) is 3.17. The van der Waals surface area contributed by atoms with Gasteiger partial charge in [0, 0.05) is 19.8 Å². The standard InChI is InChI=1S/C15H21FO4/c1-4-12-13(14(17-2)15(18-3)20-12)19-9-10-7-5-6-8-11(10)16/h5-8,12-15H,4,9H2,1-3H3/t12-,13+,14-,15+/m1/s1. The third kappa shape index (κ3) is 3.17. The van der Waals surface area contributed by atoms with Crippen molar-refractivity contribution in [3.8, 4) is 0 Å². The molecule has 0 aliphatic carbocycles. The van der Waals surface area contributed by atoms with Crippen LogP contribution in [0.15, 0.2) is 24.3 Å². The molecule has 5 heteroatoms. The Morgan fingerprint density at radius 1 is 1.15 bits per heavy atom. The van der Waals surface area contributed by atoms with E-state index in [-0.39, 0.29) is 30.7 Å². The SMILES string of the molecule is CC[C@H]1O[C@H](OC)[C@H](OC)[C@H]1OCc1ccccc1F. The Balaban J connectivity index is 2.04. The molecular formula is C15H21FO4. The van der Waals surface area contributed by atoms with E-state index in [9.17, 15) is 4.39 Å². The summed E-state index contributed by atoms with van der Waals surface area (Å²) < 4.78 is 35.8. The molecule has 1 heterocycles. The third-order valence-electron chi connectivity index (χ3n) is 3.56. The fourth-order valence-electron chi connectivity index (χ4n) is 2.46. The van der Waals surface area contributed by atoms with Crippen molar-refractivity contribution in [2.24, 2.45) is 0 Å². The van der Waals surface area contributed by atoms with Crippen molar-refractivity contribution < 1.29 is 23.3 Å². The highest BCUT2D eigenvalue weighted by molar-refractivity contribution is 5.16. The lowest BCUT2D eigenvalue weighted by molar-refractivity contribution is -0.156. The van der Waals surface area contributed by atoms with Gasteiger partial charge < -0.3 is 18.9 Å². The highest BCUT2D eigenvalue weighted by Gasteiger charge is 2.45. The number of benzene rings is 1. The van der Waals surface area contributed by atoms with Crippen LogP contribution in [0.2, 0.25) is 0 Å². The van der Waals surface area contributed by atoms with Gasteiger partial charge in [-0.25, -0.2) is 4.39 Å². The Morgan fingerprint density at radius 2 is 1.90 bits per heavy atom. The van der Waals surface area contributed by atoms with Crippen LogP contribution in [0.25, 0.3) is 0 Å². The van der Waals surface area contributed by atoms with E-state index >= 15 is 0 Å². The molecule has 0 spiro atoms. The molecule has 4 nitrogen and oxygen atoms in total. The van der Waals surface area contributed by atoms with Crippen molar-refractivity contribution in [1.82, 2.24) is 0 Å². The van der Waals surface area contributed by atoms with Gasteiger partial charge in [-0.15, -0.1) is 0 Å². The number of rotatable bonds is 6. The first-order valence-electron chi connectivity index (χ1n) is 6.77. The van der Waals surface area contributed by atoms with E-state index in [0.717, 1.165) is 6.42 Å². The third-order valence-corrected chi connectivity index (χ3v) is 3.56. The van der Waals surface area contributed by atoms with Gasteiger partial charge in [-0.2, -0.15) is 0 Å². The fraction of sp³-hybridized carbons (Fsp3) is 0.600. The second-order valence-corrected chi connectivity index (χ2v) is 4.75. The van der Waals surface area contributed by atoms with E-state index in [1.807, 2.05) is 6.92 Å². The minimum absolute atomic E-state index is 0.114. The molecule has 0 N–H and O–H groups in total. The van der Waals surface area contributed by atoms with Crippen LogP contribution in [0.4, 0.5) is 4.39 Å². The highest BCUT2D eigenvalue weighted by atomic mass is 19.1. The minimum atomic E-state index is -0.449. The average molecular weight is 284 g/mol. The molecule has 1 aromatic carbocycles. The maximum Gasteiger partial charge on any atom is 0.186 e. The maximum absolute atomic E-state index is 13.6. The predicted molar refractivity (Wildman–Crippen MR) is 71.7 cm³/mol. The van der Waals surface area contributed by atoms with Crippen LogP contribution >= 0.6 is 0 Å². The fourth-order valence-corrected chi connectivity index (χ4v) is 2.46. The van der Waals surface area contributed by atoms with Crippen LogP contribution in [-0.4, -0.2) is 38.8 Å². The number of halogens is 1. The number of methoxy groups -OCH3 is 2. The molecule has 112 valence electrons. The molecule has 0 amide bonds. The molecular weight excluding hydrogens is 263 g/mol. The first-order chi connectivity index (χ1) is 9.71. The molecule has 1 aliphatic heterocycles. The Kier molecular flexibility index (Phi) is 5.48. The first kappa shape index (κ1) is 15.4. The number of hydrogen-bond donors (Lipinski definition) is 0. The summed E-state index contributed by atoms with van der Waals surface area (Å²) in [4.78, 5) is 0. The largest absolute Gasteiger partial charge is 0.373 e. The van der Waals surface area contributed by atoms with E-state index < -0.39 is 6.29 Å². The molecule has 0 bridgehead atoms. The summed E-state index contributed by atoms with van der Waals surface area (Å²) in [5.74, 6) is -0.267. The average Bonchev–Trinajstić information content (AvgIpc) is 2.83. The van der Waals surface area contributed by atoms with Gasteiger partial charge >= 0.3 is 0 Å². The van der Waals surface area contributed by atoms with Crippen molar-refractivity contribution in [1.29, 1.82) is 0 Å². The van der Waals surface area contributed by atoms with Crippen LogP contribution in [0, 0.1) is 5.82 Å². The zero-order chi connectivity index (χ0) is 14.5. The Morgan fingerprint density at radius 3 is 2.50 bits per heavy atom. The Hall–Kier alpha value is -1.01. The van der Waals surface area contributed by atoms with E-state index in [1.54, 1.807) is 32.4 Å². The van der Waals surface area contributed by atoms with Crippen LogP contribution < -0.4 is 0 Å². The van der Waals surface area contributed by atoms with Gasteiger partial charge in [0.15, 0.2) is 6.29 Å². The van der Waals surface area contributed by atoms with Crippen molar-refractivity contribution in [3.63, 3.8) is 0 Å². The van der Waals surface area contributed by atoms with Crippen LogP contribution in [0.5, 0.6) is 0 Å². The van der Waals surface area contributed by atoms with Crippen molar-refractivity contribution in [2.45, 2.75) is 44.6 Å². The van der Waals surface area contributed by atoms with E-state index in [1.165, 1.54) is 6.07 Å². The Labute approximate surface area is 118 Å². The van der Waals surface area contributed by atoms with E-state index in [4.69, 9.17) is 18.9 Å². The summed E-state index contributed by atoms with van der Waals surface area (Å²) in [6.45, 7) is 2.20. The number of hydrogen-bond acceptors (Lipinski definition) is 4. The van der Waals surface area contributed by atoms with Gasteiger partial charge in [0.1, 0.15) is 18.0 Å². The zero-order valence-electron chi connectivity index (χ0n) is 12.0. The number of ether oxygens (including phenoxy) is 4. The molecule has 0 unspecified atom stereocenters. The molecule has 1 aromatic rings. The van der Waals surface area contributed by atoms with Gasteiger partial charge in [-0.3, -0.25) is 0 Å². The molecule has 20 heavy (non-hydrogen) atoms. The molecule has 1 aliphatic rings. The molecule has 0 saturated carbocycles. The van der Waals surface area contributed by atoms with Gasteiger partial charge in [0.2, 0.25) is 0 Å². The monoisotopic (exact) mass is 284 g/mol. The quantitative estimate of drug-likeness (QED) is 0.804. The van der Waals surface area contributed by atoms with E-state index in [2.05, 4.69) is 0 Å². The summed E-state index contributed by atoms with van der Waals surface area (Å²) in [6.07, 6.45) is -0.361. The predicted octanol–water partition coefficient (Wildman–Crippen LogP) is 2.51. The minimum Gasteiger partial charge on any atom is -0.373 e. The molecule has 2 rings (SSSR count). The summed E-state index contributed by atoms with van der Waals surface area (Å²) in [5, 5.41) is 0. The van der Waals surface area contributed by atoms with Crippen molar-refractivity contribution in [2.75, 3.05) is 14.2 Å². The van der Waals surface area contributed by atoms with Crippen LogP contribution in [-0.2, 0) is 25.6 Å². The molecule has 4 atom stereocenters. The van der Waals surface area contributed by atoms with Crippen LogP contribution in [0.1, 0.15) is 18.9 Å². The summed E-state index contributed by atoms with van der Waals surface area (Å²) in [5.41, 5.74) is 0.526. The Bertz CT molecular complexity index is 426. The molecule has 0 aromatic heterocycles. The molecule has 1 fully saturated rings. The van der Waals surface area contributed by atoms with E-state index in [0.29, 0.717) is 5.56 Å². The topological polar surface area (TPSA) is 36.9 Å².